The fourth-order valence-electron chi connectivity index (χ4n) is 2.85. The van der Waals surface area contributed by atoms with Crippen molar-refractivity contribution in [2.75, 3.05) is 13.2 Å². The van der Waals surface area contributed by atoms with Crippen molar-refractivity contribution in [1.82, 2.24) is 4.90 Å². The number of ether oxygens (including phenoxy) is 1. The number of carbonyl (C=O) groups is 2. The lowest BCUT2D eigenvalue weighted by molar-refractivity contribution is -0.132. The average Bonchev–Trinajstić information content (AvgIpc) is 2.92. The molecule has 16 heavy (non-hydrogen) atoms. The van der Waals surface area contributed by atoms with E-state index in [1.54, 1.807) is 0 Å². The van der Waals surface area contributed by atoms with Crippen LogP contribution in [0.4, 0.5) is 4.79 Å². The zero-order chi connectivity index (χ0) is 11.3. The molecule has 2 bridgehead atoms. The second kappa shape index (κ2) is 3.48. The van der Waals surface area contributed by atoms with Crippen LogP contribution in [0.3, 0.4) is 0 Å². The summed E-state index contributed by atoms with van der Waals surface area (Å²) in [5.74, 6) is 0.0781. The van der Waals surface area contributed by atoms with Gasteiger partial charge in [0.25, 0.3) is 0 Å². The van der Waals surface area contributed by atoms with Crippen molar-refractivity contribution in [3.8, 4) is 0 Å². The van der Waals surface area contributed by atoms with Crippen molar-refractivity contribution in [1.29, 1.82) is 0 Å². The minimum Gasteiger partial charge on any atom is -0.447 e. The molecule has 1 saturated heterocycles. The number of carbonyl (C=O) groups excluding carboxylic acids is 2. The van der Waals surface area contributed by atoms with Crippen LogP contribution in [-0.2, 0) is 9.53 Å². The van der Waals surface area contributed by atoms with Crippen LogP contribution in [0.2, 0.25) is 0 Å². The summed E-state index contributed by atoms with van der Waals surface area (Å²) in [4.78, 5) is 24.7. The van der Waals surface area contributed by atoms with E-state index >= 15 is 0 Å². The van der Waals surface area contributed by atoms with Crippen LogP contribution < -0.4 is 0 Å². The molecule has 3 rings (SSSR count). The van der Waals surface area contributed by atoms with E-state index in [1.165, 1.54) is 4.90 Å². The maximum Gasteiger partial charge on any atom is 0.416 e. The summed E-state index contributed by atoms with van der Waals surface area (Å²) in [5.41, 5.74) is 0. The van der Waals surface area contributed by atoms with Gasteiger partial charge in [0.1, 0.15) is 6.61 Å². The monoisotopic (exact) mass is 241 g/mol. The molecule has 1 heterocycles. The highest BCUT2D eigenvalue weighted by Gasteiger charge is 2.50. The van der Waals surface area contributed by atoms with E-state index in [9.17, 15) is 9.59 Å². The van der Waals surface area contributed by atoms with E-state index in [0.717, 1.165) is 6.42 Å². The van der Waals surface area contributed by atoms with Gasteiger partial charge >= 0.3 is 6.09 Å². The zero-order valence-electron chi connectivity index (χ0n) is 8.64. The summed E-state index contributed by atoms with van der Waals surface area (Å²) in [6.45, 7) is 0.660. The number of halogens is 1. The Morgan fingerprint density at radius 3 is 2.75 bits per heavy atom. The third kappa shape index (κ3) is 1.29. The topological polar surface area (TPSA) is 46.6 Å². The van der Waals surface area contributed by atoms with E-state index < -0.39 is 6.09 Å². The fraction of sp³-hybridized carbons (Fsp3) is 0.636. The Kier molecular flexibility index (Phi) is 2.21. The van der Waals surface area contributed by atoms with Gasteiger partial charge in [-0.25, -0.2) is 9.69 Å². The molecule has 4 atom stereocenters. The number of rotatable bonds is 1. The van der Waals surface area contributed by atoms with Gasteiger partial charge in [-0.1, -0.05) is 12.2 Å². The fourth-order valence-corrected chi connectivity index (χ4v) is 3.34. The third-order valence-corrected chi connectivity index (χ3v) is 4.27. The van der Waals surface area contributed by atoms with E-state index in [-0.39, 0.29) is 23.1 Å². The molecule has 0 N–H and O–H groups in total. The first kappa shape index (κ1) is 10.1. The largest absolute Gasteiger partial charge is 0.447 e. The number of cyclic esters (lactones) is 1. The van der Waals surface area contributed by atoms with Gasteiger partial charge in [0, 0.05) is 0 Å². The number of hydrogen-bond acceptors (Lipinski definition) is 3. The smallest absolute Gasteiger partial charge is 0.416 e. The van der Waals surface area contributed by atoms with Crippen LogP contribution in [0.25, 0.3) is 0 Å². The van der Waals surface area contributed by atoms with E-state index in [4.69, 9.17) is 16.3 Å². The number of allylic oxidation sites excluding steroid dienone is 2. The molecule has 0 aromatic heterocycles. The van der Waals surface area contributed by atoms with E-state index in [2.05, 4.69) is 6.08 Å². The molecule has 3 aliphatic rings. The summed E-state index contributed by atoms with van der Waals surface area (Å²) < 4.78 is 4.77. The molecule has 4 nitrogen and oxygen atoms in total. The number of amides is 2. The predicted octanol–water partition coefficient (Wildman–Crippen LogP) is 1.39. The van der Waals surface area contributed by atoms with Gasteiger partial charge in [0.2, 0.25) is 5.91 Å². The Balaban J connectivity index is 1.81. The minimum atomic E-state index is -0.527. The normalized spacial score (nSPS) is 40.6. The molecule has 2 fully saturated rings. The van der Waals surface area contributed by atoms with Crippen molar-refractivity contribution < 1.29 is 14.3 Å². The Bertz CT molecular complexity index is 381. The van der Waals surface area contributed by atoms with Gasteiger partial charge in [-0.15, -0.1) is 11.6 Å². The molecule has 2 amide bonds. The summed E-state index contributed by atoms with van der Waals surface area (Å²) >= 11 is 6.24. The lowest BCUT2D eigenvalue weighted by atomic mass is 9.92. The lowest BCUT2D eigenvalue weighted by Gasteiger charge is -2.24. The highest BCUT2D eigenvalue weighted by Crippen LogP contribution is 2.47. The number of imide groups is 1. The van der Waals surface area contributed by atoms with Crippen LogP contribution in [0.15, 0.2) is 12.2 Å². The number of nitrogens with zero attached hydrogens (tertiary/aromatic N) is 1. The van der Waals surface area contributed by atoms with E-state index in [0.29, 0.717) is 19.1 Å². The molecule has 1 saturated carbocycles. The summed E-state index contributed by atoms with van der Waals surface area (Å²) in [6, 6.07) is 0. The van der Waals surface area contributed by atoms with Gasteiger partial charge in [0.05, 0.1) is 17.8 Å². The van der Waals surface area contributed by atoms with Crippen LogP contribution in [0.5, 0.6) is 0 Å². The van der Waals surface area contributed by atoms with Gasteiger partial charge in [-0.05, 0) is 18.3 Å². The van der Waals surface area contributed by atoms with Crippen LogP contribution >= 0.6 is 11.6 Å². The highest BCUT2D eigenvalue weighted by atomic mass is 35.5. The summed E-state index contributed by atoms with van der Waals surface area (Å²) in [6.07, 6.45) is 4.54. The first-order valence-electron chi connectivity index (χ1n) is 5.49. The Labute approximate surface area is 98.2 Å². The predicted molar refractivity (Wildman–Crippen MR) is 56.9 cm³/mol. The molecule has 0 aromatic carbocycles. The van der Waals surface area contributed by atoms with Crippen LogP contribution in [0, 0.1) is 17.8 Å². The quantitative estimate of drug-likeness (QED) is 0.515. The first-order valence-corrected chi connectivity index (χ1v) is 5.92. The third-order valence-electron chi connectivity index (χ3n) is 3.68. The molecule has 1 aliphatic heterocycles. The van der Waals surface area contributed by atoms with Gasteiger partial charge < -0.3 is 4.74 Å². The van der Waals surface area contributed by atoms with Gasteiger partial charge in [0.15, 0.2) is 0 Å². The van der Waals surface area contributed by atoms with Crippen molar-refractivity contribution in [3.05, 3.63) is 12.2 Å². The summed E-state index contributed by atoms with van der Waals surface area (Å²) in [7, 11) is 0. The van der Waals surface area contributed by atoms with Crippen molar-refractivity contribution in [2.45, 2.75) is 11.8 Å². The Hall–Kier alpha value is -1.03. The maximum absolute atomic E-state index is 12.2. The van der Waals surface area contributed by atoms with Crippen LogP contribution in [-0.4, -0.2) is 35.4 Å². The average molecular weight is 242 g/mol. The number of fused-ring (bicyclic) bond motifs is 2. The van der Waals surface area contributed by atoms with Crippen molar-refractivity contribution >= 4 is 23.6 Å². The Morgan fingerprint density at radius 1 is 1.44 bits per heavy atom. The first-order chi connectivity index (χ1) is 7.68. The standard InChI is InChI=1S/C11H12ClNO3/c12-9-7-2-1-6(5-7)8(9)10(14)13-3-4-16-11(13)15/h1-2,6-9H,3-5H2/t6-,7-,8-,9-/m1/s1. The molecular weight excluding hydrogens is 230 g/mol. The van der Waals surface area contributed by atoms with Crippen molar-refractivity contribution in [3.63, 3.8) is 0 Å². The van der Waals surface area contributed by atoms with Crippen LogP contribution in [0.1, 0.15) is 6.42 Å². The maximum atomic E-state index is 12.2. The molecule has 0 aromatic rings. The summed E-state index contributed by atoms with van der Waals surface area (Å²) in [5, 5.41) is -0.170. The van der Waals surface area contributed by atoms with Crippen molar-refractivity contribution in [2.24, 2.45) is 17.8 Å². The minimum absolute atomic E-state index is 0.167. The second-order valence-corrected chi connectivity index (χ2v) is 5.03. The molecule has 0 radical (unpaired) electrons. The number of alkyl halides is 1. The Morgan fingerprint density at radius 2 is 2.19 bits per heavy atom. The molecule has 0 unspecified atom stereocenters. The lowest BCUT2D eigenvalue weighted by Crippen LogP contribution is -2.41. The highest BCUT2D eigenvalue weighted by molar-refractivity contribution is 6.23. The van der Waals surface area contributed by atoms with Gasteiger partial charge in [-0.3, -0.25) is 4.79 Å². The van der Waals surface area contributed by atoms with Gasteiger partial charge in [-0.2, -0.15) is 0 Å². The van der Waals surface area contributed by atoms with E-state index in [1.807, 2.05) is 6.08 Å². The molecule has 0 spiro atoms. The molecule has 2 aliphatic carbocycles. The molecular formula is C11H12ClNO3. The molecule has 86 valence electrons. The second-order valence-electron chi connectivity index (χ2n) is 4.52. The zero-order valence-corrected chi connectivity index (χ0v) is 9.39. The SMILES string of the molecule is O=C1OCCN1C(=O)[C@H]1[C@H](Cl)[C@@H]2C=C[C@@H]1C2. The molecule has 5 heteroatoms. The number of hydrogen-bond donors (Lipinski definition) is 0.